The van der Waals surface area contributed by atoms with Crippen LogP contribution in [0.25, 0.3) is 22.3 Å². The highest BCUT2D eigenvalue weighted by Gasteiger charge is 2.34. The third-order valence-corrected chi connectivity index (χ3v) is 7.41. The smallest absolute Gasteiger partial charge is 0.263 e. The molecule has 5 rings (SSSR count). The van der Waals surface area contributed by atoms with Crippen molar-refractivity contribution in [2.45, 2.75) is 63.7 Å². The molecule has 0 radical (unpaired) electrons. The zero-order valence-electron chi connectivity index (χ0n) is 22.3. The lowest BCUT2D eigenvalue weighted by Crippen LogP contribution is -2.50. The zero-order valence-corrected chi connectivity index (χ0v) is 22.3. The Morgan fingerprint density at radius 3 is 2.65 bits per heavy atom. The van der Waals surface area contributed by atoms with Gasteiger partial charge in [-0.2, -0.15) is 0 Å². The van der Waals surface area contributed by atoms with Crippen LogP contribution in [0, 0.1) is 12.8 Å². The molecule has 0 saturated heterocycles. The van der Waals surface area contributed by atoms with Gasteiger partial charge in [0, 0.05) is 36.4 Å². The molecule has 3 aromatic rings. The van der Waals surface area contributed by atoms with Gasteiger partial charge in [-0.3, -0.25) is 9.59 Å². The Bertz CT molecular complexity index is 1390. The van der Waals surface area contributed by atoms with Crippen LogP contribution in [0.15, 0.2) is 24.5 Å². The van der Waals surface area contributed by atoms with E-state index in [1.807, 2.05) is 0 Å². The highest BCUT2D eigenvalue weighted by molar-refractivity contribution is 6.09. The van der Waals surface area contributed by atoms with Crippen LogP contribution in [0.4, 0.5) is 13.2 Å². The number of hydrogen-bond donors (Lipinski definition) is 3. The van der Waals surface area contributed by atoms with Crippen molar-refractivity contribution in [3.63, 3.8) is 0 Å². The second kappa shape index (κ2) is 11.8. The monoisotopic (exact) mass is 559 g/mol. The molecule has 3 atom stereocenters. The van der Waals surface area contributed by atoms with Gasteiger partial charge in [-0.05, 0) is 56.7 Å². The van der Waals surface area contributed by atoms with Crippen LogP contribution < -0.4 is 15.4 Å². The quantitative estimate of drug-likeness (QED) is 0.339. The molecule has 0 unspecified atom stereocenters. The van der Waals surface area contributed by atoms with Gasteiger partial charge in [0.05, 0.1) is 23.7 Å². The first-order valence-corrected chi connectivity index (χ1v) is 13.4. The number of nitrogens with zero attached hydrogens (tertiary/aromatic N) is 2. The Balaban J connectivity index is 1.39. The van der Waals surface area contributed by atoms with Crippen molar-refractivity contribution >= 4 is 22.8 Å². The SMILES string of the molecule is COCC(=O)N[C@@H]1CC[C@@H](NC(=O)c2c(C)[nH]c3c(-c4cc(C(F)F)ccc4OCC4CC4)ncnc23)[C@H](F)C1. The normalized spacial score (nSPS) is 21.0. The number of aromatic amines is 1. The number of aryl methyl sites for hydroxylation is 1. The number of carbonyl (C=O) groups is 2. The molecule has 2 aliphatic carbocycles. The first-order chi connectivity index (χ1) is 19.2. The number of amides is 2. The van der Waals surface area contributed by atoms with E-state index in [1.54, 1.807) is 6.92 Å². The minimum Gasteiger partial charge on any atom is -0.493 e. The van der Waals surface area contributed by atoms with Crippen molar-refractivity contribution in [1.82, 2.24) is 25.6 Å². The van der Waals surface area contributed by atoms with Crippen LogP contribution in [-0.2, 0) is 9.53 Å². The number of H-pyrrole nitrogens is 1. The largest absolute Gasteiger partial charge is 0.493 e. The predicted molar refractivity (Wildman–Crippen MR) is 141 cm³/mol. The second-order valence-corrected chi connectivity index (χ2v) is 10.5. The summed E-state index contributed by atoms with van der Waals surface area (Å²) in [6.07, 6.45) is 0.290. The lowest BCUT2D eigenvalue weighted by Gasteiger charge is -2.32. The maximum absolute atomic E-state index is 15.0. The molecule has 1 aromatic carbocycles. The fourth-order valence-corrected chi connectivity index (χ4v) is 5.14. The molecule has 9 nitrogen and oxygen atoms in total. The van der Waals surface area contributed by atoms with Crippen LogP contribution in [0.1, 0.15) is 60.1 Å². The maximum Gasteiger partial charge on any atom is 0.263 e. The summed E-state index contributed by atoms with van der Waals surface area (Å²) >= 11 is 0. The van der Waals surface area contributed by atoms with Crippen LogP contribution in [0.3, 0.4) is 0 Å². The molecule has 214 valence electrons. The number of alkyl halides is 3. The molecule has 3 N–H and O–H groups in total. The summed E-state index contributed by atoms with van der Waals surface area (Å²) in [6.45, 7) is 2.07. The molecule has 2 saturated carbocycles. The summed E-state index contributed by atoms with van der Waals surface area (Å²) in [5.41, 5.74) is 1.93. The number of nitrogens with one attached hydrogen (secondary N) is 3. The van der Waals surface area contributed by atoms with Crippen molar-refractivity contribution in [2.24, 2.45) is 5.92 Å². The van der Waals surface area contributed by atoms with Crippen molar-refractivity contribution in [2.75, 3.05) is 20.3 Å². The highest BCUT2D eigenvalue weighted by Crippen LogP contribution is 2.38. The van der Waals surface area contributed by atoms with Crippen molar-refractivity contribution < 1.29 is 32.2 Å². The Labute approximate surface area is 229 Å². The van der Waals surface area contributed by atoms with Gasteiger partial charge < -0.3 is 25.1 Å². The molecule has 40 heavy (non-hydrogen) atoms. The average Bonchev–Trinajstić information content (AvgIpc) is 3.68. The zero-order chi connectivity index (χ0) is 28.4. The lowest BCUT2D eigenvalue weighted by molar-refractivity contribution is -0.125. The van der Waals surface area contributed by atoms with Gasteiger partial charge in [0.25, 0.3) is 12.3 Å². The van der Waals surface area contributed by atoms with E-state index in [-0.39, 0.29) is 36.1 Å². The molecule has 2 amide bonds. The van der Waals surface area contributed by atoms with Gasteiger partial charge in [-0.25, -0.2) is 23.1 Å². The number of aromatic nitrogens is 3. The fraction of sp³-hybridized carbons (Fsp3) is 0.500. The first kappa shape index (κ1) is 27.9. The lowest BCUT2D eigenvalue weighted by atomic mass is 9.89. The summed E-state index contributed by atoms with van der Waals surface area (Å²) in [6, 6.07) is 3.13. The molecule has 2 heterocycles. The van der Waals surface area contributed by atoms with Gasteiger partial charge in [0.1, 0.15) is 36.1 Å². The topological polar surface area (TPSA) is 118 Å². The summed E-state index contributed by atoms with van der Waals surface area (Å²) in [5, 5.41) is 5.53. The number of halogens is 3. The minimum absolute atomic E-state index is 0.0731. The molecule has 0 bridgehead atoms. The highest BCUT2D eigenvalue weighted by atomic mass is 19.3. The van der Waals surface area contributed by atoms with Crippen molar-refractivity contribution in [1.29, 1.82) is 0 Å². The average molecular weight is 560 g/mol. The van der Waals surface area contributed by atoms with Crippen LogP contribution >= 0.6 is 0 Å². The number of fused-ring (bicyclic) bond motifs is 1. The standard InChI is InChI=1S/C28H32F3N5O4/c1-14-23(28(38)36-20-7-6-17(10-19(20)29)35-22(37)12-39-2)25-26(34-14)24(32-13-33-25)18-9-16(27(30)31)5-8-21(18)40-11-15-3-4-15/h5,8-9,13,15,17,19-20,27,34H,3-4,6-7,10-12H2,1-2H3,(H,35,37)(H,36,38)/t17-,19-,20-/m1/s1. The Morgan fingerprint density at radius 1 is 1.15 bits per heavy atom. The molecular weight excluding hydrogens is 527 g/mol. The number of hydrogen-bond acceptors (Lipinski definition) is 6. The van der Waals surface area contributed by atoms with Crippen LogP contribution in [0.5, 0.6) is 5.75 Å². The Hall–Kier alpha value is -3.67. The molecule has 0 aliphatic heterocycles. The van der Waals surface area contributed by atoms with E-state index in [0.717, 1.165) is 12.8 Å². The molecular formula is C28H32F3N5O4. The summed E-state index contributed by atoms with van der Waals surface area (Å²) < 4.78 is 53.0. The predicted octanol–water partition coefficient (Wildman–Crippen LogP) is 4.41. The van der Waals surface area contributed by atoms with Gasteiger partial charge in [-0.15, -0.1) is 0 Å². The number of carbonyl (C=O) groups excluding carboxylic acids is 2. The molecule has 2 aromatic heterocycles. The molecule has 12 heteroatoms. The Morgan fingerprint density at radius 2 is 1.95 bits per heavy atom. The minimum atomic E-state index is -2.68. The van der Waals surface area contributed by atoms with Gasteiger partial charge >= 0.3 is 0 Å². The van der Waals surface area contributed by atoms with Gasteiger partial charge in [0.15, 0.2) is 0 Å². The van der Waals surface area contributed by atoms with Crippen LogP contribution in [-0.4, -0.2) is 65.3 Å². The number of methoxy groups -OCH3 is 1. The molecule has 2 fully saturated rings. The number of ether oxygens (including phenoxy) is 2. The van der Waals surface area contributed by atoms with Gasteiger partial charge in [0.2, 0.25) is 5.91 Å². The van der Waals surface area contributed by atoms with E-state index in [9.17, 15) is 18.4 Å². The van der Waals surface area contributed by atoms with Gasteiger partial charge in [-0.1, -0.05) is 0 Å². The van der Waals surface area contributed by atoms with Crippen LogP contribution in [0.2, 0.25) is 0 Å². The fourth-order valence-electron chi connectivity index (χ4n) is 5.14. The maximum atomic E-state index is 15.0. The third kappa shape index (κ3) is 6.06. The number of benzene rings is 1. The van der Waals surface area contributed by atoms with E-state index in [4.69, 9.17) is 9.47 Å². The Kier molecular flexibility index (Phi) is 8.24. The molecule has 0 spiro atoms. The summed E-state index contributed by atoms with van der Waals surface area (Å²) in [4.78, 5) is 37.0. The third-order valence-electron chi connectivity index (χ3n) is 7.41. The second-order valence-electron chi connectivity index (χ2n) is 10.5. The summed E-state index contributed by atoms with van der Waals surface area (Å²) in [7, 11) is 1.41. The van der Waals surface area contributed by atoms with Crippen molar-refractivity contribution in [3.8, 4) is 17.0 Å². The number of rotatable bonds is 10. The van der Waals surface area contributed by atoms with E-state index >= 15 is 4.39 Å². The van der Waals surface area contributed by atoms with E-state index < -0.39 is 24.5 Å². The van der Waals surface area contributed by atoms with E-state index in [1.165, 1.54) is 31.6 Å². The van der Waals surface area contributed by atoms with Crippen molar-refractivity contribution in [3.05, 3.63) is 41.3 Å². The summed E-state index contributed by atoms with van der Waals surface area (Å²) in [5.74, 6) is 0.0537. The van der Waals surface area contributed by atoms with E-state index in [0.29, 0.717) is 59.1 Å². The first-order valence-electron chi connectivity index (χ1n) is 13.4. The van der Waals surface area contributed by atoms with E-state index in [2.05, 4.69) is 25.6 Å². The molecule has 2 aliphatic rings.